The summed E-state index contributed by atoms with van der Waals surface area (Å²) in [5.74, 6) is 0. The number of hydrogen-bond acceptors (Lipinski definition) is 3. The number of rotatable bonds is 3. The van der Waals surface area contributed by atoms with Gasteiger partial charge in [-0.2, -0.15) is 0 Å². The van der Waals surface area contributed by atoms with Crippen molar-refractivity contribution >= 4 is 8.32 Å². The lowest BCUT2D eigenvalue weighted by Crippen LogP contribution is -2.52. The lowest BCUT2D eigenvalue weighted by Gasteiger charge is -2.42. The van der Waals surface area contributed by atoms with Crippen molar-refractivity contribution in [3.63, 3.8) is 0 Å². The van der Waals surface area contributed by atoms with Crippen molar-refractivity contribution in [2.45, 2.75) is 69.7 Å². The molecule has 2 rings (SSSR count). The van der Waals surface area contributed by atoms with Crippen LogP contribution in [-0.2, 0) is 9.16 Å². The fraction of sp³-hybridized carbons (Fsp3) is 0.786. The number of nitrogens with zero attached hydrogens (tertiary/aromatic N) is 1. The fourth-order valence-corrected chi connectivity index (χ4v) is 3.67. The Bertz CT molecular complexity index is 460. The Hall–Kier alpha value is -0.673. The molecule has 1 fully saturated rings. The Kier molecular flexibility index (Phi) is 3.22. The van der Waals surface area contributed by atoms with Crippen molar-refractivity contribution in [1.29, 1.82) is 0 Å². The smallest absolute Gasteiger partial charge is 0.195 e. The third kappa shape index (κ3) is 2.27. The van der Waals surface area contributed by atoms with Crippen molar-refractivity contribution in [3.05, 3.63) is 23.2 Å². The van der Waals surface area contributed by atoms with E-state index in [1.54, 1.807) is 6.08 Å². The summed E-state index contributed by atoms with van der Waals surface area (Å²) in [6.07, 6.45) is 0.767. The van der Waals surface area contributed by atoms with E-state index in [4.69, 9.17) is 15.7 Å². The van der Waals surface area contributed by atoms with Gasteiger partial charge in [0, 0.05) is 0 Å². The monoisotopic (exact) mass is 281 g/mol. The van der Waals surface area contributed by atoms with Gasteiger partial charge in [-0.05, 0) is 31.1 Å². The predicted molar refractivity (Wildman–Crippen MR) is 76.0 cm³/mol. The maximum absolute atomic E-state index is 10.8. The molecule has 1 aliphatic carbocycles. The minimum absolute atomic E-state index is 0.0897. The molecule has 1 aliphatic heterocycles. The molecular formula is C14H23NO3Si. The third-order valence-corrected chi connectivity index (χ3v) is 9.23. The molecule has 0 saturated carbocycles. The summed E-state index contributed by atoms with van der Waals surface area (Å²) in [6.45, 7) is 19.8. The van der Waals surface area contributed by atoms with Crippen molar-refractivity contribution in [3.8, 4) is 0 Å². The molecular weight excluding hydrogens is 258 g/mol. The quantitative estimate of drug-likeness (QED) is 0.491. The highest BCUT2D eigenvalue weighted by Gasteiger charge is 2.63. The highest BCUT2D eigenvalue weighted by molar-refractivity contribution is 6.74. The first-order valence-corrected chi connectivity index (χ1v) is 9.59. The zero-order chi connectivity index (χ0) is 14.6. The maximum Gasteiger partial charge on any atom is 0.195 e. The highest BCUT2D eigenvalue weighted by Crippen LogP contribution is 2.49. The molecule has 19 heavy (non-hydrogen) atoms. The van der Waals surface area contributed by atoms with Crippen LogP contribution in [0.4, 0.5) is 0 Å². The zero-order valence-corrected chi connectivity index (χ0v) is 13.5. The van der Waals surface area contributed by atoms with E-state index >= 15 is 0 Å². The fourth-order valence-electron chi connectivity index (χ4n) is 2.25. The Morgan fingerprint density at radius 3 is 2.53 bits per heavy atom. The van der Waals surface area contributed by atoms with Crippen LogP contribution in [0.3, 0.4) is 0 Å². The SMILES string of the molecule is [C-]#[N+]C1=C[C@@](O)([C@@H](C)O[Si](C)(C)C(C)(C)C)[C@@H]2O[C@H]12. The van der Waals surface area contributed by atoms with Gasteiger partial charge in [0.25, 0.3) is 0 Å². The topological polar surface area (TPSA) is 46.4 Å². The molecule has 1 saturated heterocycles. The standard InChI is InChI=1S/C14H23NO3Si/c1-9(18-19(6,7)13(2,3)4)14(16)8-10(15-5)11-12(14)17-11/h8-9,11-12,16H,1-4,6-7H3/t9-,11-,12-,14-/m1/s1. The van der Waals surface area contributed by atoms with E-state index < -0.39 is 13.9 Å². The Morgan fingerprint density at radius 2 is 2.11 bits per heavy atom. The van der Waals surface area contributed by atoms with Crippen molar-refractivity contribution < 1.29 is 14.3 Å². The number of ether oxygens (including phenoxy) is 1. The van der Waals surface area contributed by atoms with Gasteiger partial charge in [-0.1, -0.05) is 20.8 Å². The molecule has 4 atom stereocenters. The minimum atomic E-state index is -1.95. The van der Waals surface area contributed by atoms with Gasteiger partial charge in [-0.3, -0.25) is 0 Å². The van der Waals surface area contributed by atoms with E-state index in [0.717, 1.165) is 0 Å². The van der Waals surface area contributed by atoms with Crippen LogP contribution in [0.1, 0.15) is 27.7 Å². The molecule has 2 aliphatic rings. The van der Waals surface area contributed by atoms with Gasteiger partial charge in [-0.25, -0.2) is 4.85 Å². The summed E-state index contributed by atoms with van der Waals surface area (Å²) in [5.41, 5.74) is -0.641. The number of hydrogen-bond donors (Lipinski definition) is 1. The van der Waals surface area contributed by atoms with Gasteiger partial charge in [-0.15, -0.1) is 0 Å². The average Bonchev–Trinajstić information content (AvgIpc) is 2.99. The molecule has 0 bridgehead atoms. The van der Waals surface area contributed by atoms with Crippen LogP contribution in [0.2, 0.25) is 18.1 Å². The molecule has 5 heteroatoms. The van der Waals surface area contributed by atoms with Crippen LogP contribution in [0.5, 0.6) is 0 Å². The van der Waals surface area contributed by atoms with E-state index in [1.165, 1.54) is 0 Å². The van der Waals surface area contributed by atoms with Crippen molar-refractivity contribution in [2.24, 2.45) is 0 Å². The van der Waals surface area contributed by atoms with Gasteiger partial charge >= 0.3 is 0 Å². The highest BCUT2D eigenvalue weighted by atomic mass is 28.4. The van der Waals surface area contributed by atoms with E-state index in [1.807, 2.05) is 6.92 Å². The molecule has 0 spiro atoms. The molecule has 0 radical (unpaired) electrons. The first kappa shape index (κ1) is 14.7. The third-order valence-electron chi connectivity index (χ3n) is 4.68. The van der Waals surface area contributed by atoms with E-state index in [-0.39, 0.29) is 23.4 Å². The molecule has 0 aromatic heterocycles. The van der Waals surface area contributed by atoms with Crippen LogP contribution in [0.25, 0.3) is 4.85 Å². The number of aliphatic hydroxyl groups is 1. The summed E-state index contributed by atoms with van der Waals surface area (Å²) in [5, 5.41) is 10.8. The van der Waals surface area contributed by atoms with E-state index in [9.17, 15) is 5.11 Å². The van der Waals surface area contributed by atoms with Crippen LogP contribution in [0.15, 0.2) is 11.8 Å². The van der Waals surface area contributed by atoms with Gasteiger partial charge in [0.05, 0.1) is 12.7 Å². The Morgan fingerprint density at radius 1 is 1.53 bits per heavy atom. The molecule has 4 nitrogen and oxygen atoms in total. The Labute approximate surface area is 116 Å². The van der Waals surface area contributed by atoms with Crippen LogP contribution in [0, 0.1) is 6.57 Å². The summed E-state index contributed by atoms with van der Waals surface area (Å²) in [7, 11) is -1.95. The molecule has 1 N–H and O–H groups in total. The molecule has 0 unspecified atom stereocenters. The second-order valence-corrected chi connectivity index (χ2v) is 11.8. The number of epoxide rings is 1. The lowest BCUT2D eigenvalue weighted by atomic mass is 9.97. The molecule has 106 valence electrons. The second kappa shape index (κ2) is 4.16. The first-order valence-electron chi connectivity index (χ1n) is 6.69. The normalized spacial score (nSPS) is 35.4. The average molecular weight is 281 g/mol. The van der Waals surface area contributed by atoms with Gasteiger partial charge in [0.15, 0.2) is 14.0 Å². The molecule has 1 heterocycles. The van der Waals surface area contributed by atoms with Crippen molar-refractivity contribution in [2.75, 3.05) is 0 Å². The van der Waals surface area contributed by atoms with Crippen LogP contribution in [-0.4, -0.2) is 37.3 Å². The predicted octanol–water partition coefficient (Wildman–Crippen LogP) is 2.71. The minimum Gasteiger partial charge on any atom is -0.411 e. The van der Waals surface area contributed by atoms with Crippen LogP contribution < -0.4 is 0 Å². The maximum atomic E-state index is 10.8. The van der Waals surface area contributed by atoms with E-state index in [0.29, 0.717) is 5.70 Å². The van der Waals surface area contributed by atoms with Crippen LogP contribution >= 0.6 is 0 Å². The van der Waals surface area contributed by atoms with E-state index in [2.05, 4.69) is 38.7 Å². The molecule has 0 aromatic rings. The largest absolute Gasteiger partial charge is 0.411 e. The van der Waals surface area contributed by atoms with Crippen molar-refractivity contribution in [1.82, 2.24) is 0 Å². The summed E-state index contributed by atoms with van der Waals surface area (Å²) >= 11 is 0. The van der Waals surface area contributed by atoms with Gasteiger partial charge in [0.2, 0.25) is 0 Å². The summed E-state index contributed by atoms with van der Waals surface area (Å²) in [6, 6.07) is 0. The number of fused-ring (bicyclic) bond motifs is 1. The summed E-state index contributed by atoms with van der Waals surface area (Å²) < 4.78 is 11.6. The zero-order valence-electron chi connectivity index (χ0n) is 12.5. The van der Waals surface area contributed by atoms with Gasteiger partial charge in [0.1, 0.15) is 17.8 Å². The molecule has 0 aromatic carbocycles. The molecule has 0 amide bonds. The van der Waals surface area contributed by atoms with Gasteiger partial charge < -0.3 is 14.3 Å². The summed E-state index contributed by atoms with van der Waals surface area (Å²) in [4.78, 5) is 3.42. The lowest BCUT2D eigenvalue weighted by molar-refractivity contribution is -0.0397. The Balaban J connectivity index is 2.16. The first-order chi connectivity index (χ1) is 8.53. The second-order valence-electron chi connectivity index (χ2n) is 7.07.